The van der Waals surface area contributed by atoms with Crippen molar-refractivity contribution >= 4 is 39.2 Å². The Morgan fingerprint density at radius 3 is 1.34 bits per heavy atom. The molecule has 2 heteroatoms. The minimum Gasteiger partial charge on any atom is -0.355 e. The van der Waals surface area contributed by atoms with Crippen molar-refractivity contribution in [2.45, 2.75) is 5.41 Å². The Hall–Kier alpha value is -7.94. The Morgan fingerprint density at radius 1 is 0.328 bits per heavy atom. The molecule has 10 aromatic rings. The summed E-state index contributed by atoms with van der Waals surface area (Å²) in [6.07, 6.45) is 0. The minimum absolute atomic E-state index is 0.625. The van der Waals surface area contributed by atoms with Gasteiger partial charge in [-0.3, -0.25) is 0 Å². The number of hydrogen-bond donors (Lipinski definition) is 1. The Labute approximate surface area is 357 Å². The second-order valence-corrected chi connectivity index (χ2v) is 15.8. The van der Waals surface area contributed by atoms with E-state index in [2.05, 4.69) is 259 Å². The molecule has 0 unspecified atom stereocenters. The first kappa shape index (κ1) is 36.2. The molecule has 288 valence electrons. The minimum atomic E-state index is -0.625. The van der Waals surface area contributed by atoms with E-state index in [-0.39, 0.29) is 0 Å². The molecule has 0 radical (unpaired) electrons. The summed E-state index contributed by atoms with van der Waals surface area (Å²) in [5.41, 5.74) is 17.1. The fraction of sp³-hybridized carbons (Fsp3) is 0.0169. The first-order valence-electron chi connectivity index (χ1n) is 21.0. The summed E-state index contributed by atoms with van der Waals surface area (Å²) in [7, 11) is 0. The van der Waals surface area contributed by atoms with Gasteiger partial charge in [0.1, 0.15) is 0 Å². The highest BCUT2D eigenvalue weighted by atomic mass is 15.1. The van der Waals surface area contributed by atoms with Crippen LogP contribution in [0.1, 0.15) is 22.3 Å². The van der Waals surface area contributed by atoms with Gasteiger partial charge in [-0.1, -0.05) is 194 Å². The van der Waals surface area contributed by atoms with Crippen LogP contribution in [0.4, 0.5) is 28.4 Å². The maximum Gasteiger partial charge on any atom is 0.0715 e. The summed E-state index contributed by atoms with van der Waals surface area (Å²) in [4.78, 5) is 2.39. The average molecular weight is 779 g/mol. The molecular formula is C59H42N2. The van der Waals surface area contributed by atoms with E-state index in [4.69, 9.17) is 0 Å². The third-order valence-corrected chi connectivity index (χ3v) is 12.3. The predicted molar refractivity (Wildman–Crippen MR) is 257 cm³/mol. The van der Waals surface area contributed by atoms with Crippen LogP contribution in [0.5, 0.6) is 0 Å². The van der Waals surface area contributed by atoms with Crippen molar-refractivity contribution in [3.63, 3.8) is 0 Å². The quantitative estimate of drug-likeness (QED) is 0.157. The van der Waals surface area contributed by atoms with Crippen molar-refractivity contribution < 1.29 is 0 Å². The molecular weight excluding hydrogens is 737 g/mol. The molecule has 1 N–H and O–H groups in total. The van der Waals surface area contributed by atoms with E-state index in [0.29, 0.717) is 0 Å². The number of fused-ring (bicyclic) bond motifs is 5. The van der Waals surface area contributed by atoms with E-state index in [9.17, 15) is 0 Å². The van der Waals surface area contributed by atoms with Crippen LogP contribution < -0.4 is 10.2 Å². The average Bonchev–Trinajstić information content (AvgIpc) is 3.64. The first-order chi connectivity index (χ1) is 30.3. The van der Waals surface area contributed by atoms with E-state index in [0.717, 1.165) is 28.4 Å². The van der Waals surface area contributed by atoms with Crippen molar-refractivity contribution in [2.75, 3.05) is 10.2 Å². The van der Waals surface area contributed by atoms with E-state index >= 15 is 0 Å². The van der Waals surface area contributed by atoms with Crippen molar-refractivity contribution in [3.05, 3.63) is 271 Å². The topological polar surface area (TPSA) is 15.3 Å². The van der Waals surface area contributed by atoms with Crippen molar-refractivity contribution in [1.82, 2.24) is 0 Å². The highest BCUT2D eigenvalue weighted by molar-refractivity contribution is 6.10. The van der Waals surface area contributed by atoms with E-state index in [1.54, 1.807) is 0 Å². The molecule has 0 aliphatic heterocycles. The number of rotatable bonds is 9. The Morgan fingerprint density at radius 2 is 0.770 bits per heavy atom. The van der Waals surface area contributed by atoms with Crippen LogP contribution in [0.3, 0.4) is 0 Å². The molecule has 11 rings (SSSR count). The largest absolute Gasteiger partial charge is 0.355 e. The molecule has 0 aromatic heterocycles. The zero-order valence-corrected chi connectivity index (χ0v) is 33.6. The summed E-state index contributed by atoms with van der Waals surface area (Å²) < 4.78 is 0. The van der Waals surface area contributed by atoms with Crippen molar-refractivity contribution in [3.8, 4) is 33.4 Å². The van der Waals surface area contributed by atoms with Crippen LogP contribution in [-0.4, -0.2) is 0 Å². The summed E-state index contributed by atoms with van der Waals surface area (Å²) >= 11 is 0. The molecule has 1 aliphatic rings. The van der Waals surface area contributed by atoms with Gasteiger partial charge in [-0.05, 0) is 116 Å². The Balaban J connectivity index is 1.13. The second-order valence-electron chi connectivity index (χ2n) is 15.8. The molecule has 1 aliphatic carbocycles. The molecule has 0 heterocycles. The third kappa shape index (κ3) is 6.29. The van der Waals surface area contributed by atoms with Gasteiger partial charge < -0.3 is 10.2 Å². The van der Waals surface area contributed by atoms with Crippen LogP contribution >= 0.6 is 0 Å². The fourth-order valence-corrected chi connectivity index (χ4v) is 9.56. The van der Waals surface area contributed by atoms with Gasteiger partial charge in [-0.25, -0.2) is 0 Å². The summed E-state index contributed by atoms with van der Waals surface area (Å²) in [6, 6.07) is 90.3. The van der Waals surface area contributed by atoms with Gasteiger partial charge in [0.05, 0.1) is 5.41 Å². The number of anilines is 5. The first-order valence-corrected chi connectivity index (χ1v) is 21.0. The molecule has 0 saturated carbocycles. The number of benzene rings is 10. The molecule has 2 nitrogen and oxygen atoms in total. The normalized spacial score (nSPS) is 12.4. The van der Waals surface area contributed by atoms with Gasteiger partial charge in [0.15, 0.2) is 0 Å². The van der Waals surface area contributed by atoms with Gasteiger partial charge in [0.25, 0.3) is 0 Å². The lowest BCUT2D eigenvalue weighted by Crippen LogP contribution is -2.29. The van der Waals surface area contributed by atoms with Gasteiger partial charge in [0.2, 0.25) is 0 Å². The van der Waals surface area contributed by atoms with Gasteiger partial charge in [-0.15, -0.1) is 0 Å². The van der Waals surface area contributed by atoms with Crippen molar-refractivity contribution in [2.24, 2.45) is 0 Å². The second kappa shape index (κ2) is 15.3. The molecule has 0 atom stereocenters. The SMILES string of the molecule is c1ccc(-c2ccc(Nc3cc4c(c5ccccc35)-c3ccc(N(c5ccccc5)c5ccc(-c6ccccc6)cc5)cc3C4(c3ccccc3)c3ccccc3)cc2)cc1. The summed E-state index contributed by atoms with van der Waals surface area (Å²) in [6.45, 7) is 0. The number of para-hydroxylation sites is 1. The van der Waals surface area contributed by atoms with Crippen molar-refractivity contribution in [1.29, 1.82) is 0 Å². The maximum absolute atomic E-state index is 3.90. The number of nitrogens with one attached hydrogen (secondary N) is 1. The molecule has 0 bridgehead atoms. The monoisotopic (exact) mass is 778 g/mol. The van der Waals surface area contributed by atoms with Crippen LogP contribution in [-0.2, 0) is 5.41 Å². The Kier molecular flexibility index (Phi) is 9.09. The molecule has 0 saturated heterocycles. The van der Waals surface area contributed by atoms with E-state index in [1.165, 1.54) is 66.4 Å². The zero-order chi connectivity index (χ0) is 40.6. The van der Waals surface area contributed by atoms with Gasteiger partial charge in [-0.2, -0.15) is 0 Å². The molecule has 0 spiro atoms. The smallest absolute Gasteiger partial charge is 0.0715 e. The standard InChI is InChI=1S/C59H42N2/c1-6-18-42(19-7-1)44-30-34-48(35-31-44)60-57-41-56-58(53-29-17-16-28-52(53)57)54-39-38-51(40-55(54)59(56,46-22-10-3-11-23-46)47-24-12-4-13-25-47)61(49-26-14-5-15-27-49)50-36-32-45(33-37-50)43-20-8-2-9-21-43/h1-41,60H. The predicted octanol–water partition coefficient (Wildman–Crippen LogP) is 15.8. The van der Waals surface area contributed by atoms with Crippen LogP contribution in [0.2, 0.25) is 0 Å². The summed E-state index contributed by atoms with van der Waals surface area (Å²) in [5.74, 6) is 0. The van der Waals surface area contributed by atoms with E-state index in [1.807, 2.05) is 0 Å². The summed E-state index contributed by atoms with van der Waals surface area (Å²) in [5, 5.41) is 6.31. The Bertz CT molecular complexity index is 3070. The lowest BCUT2D eigenvalue weighted by atomic mass is 9.67. The molecule has 61 heavy (non-hydrogen) atoms. The highest BCUT2D eigenvalue weighted by Crippen LogP contribution is 2.60. The lowest BCUT2D eigenvalue weighted by Gasteiger charge is -2.35. The highest BCUT2D eigenvalue weighted by Gasteiger charge is 2.47. The number of nitrogens with zero attached hydrogens (tertiary/aromatic N) is 1. The zero-order valence-electron chi connectivity index (χ0n) is 33.6. The van der Waals surface area contributed by atoms with Gasteiger partial charge >= 0.3 is 0 Å². The van der Waals surface area contributed by atoms with E-state index < -0.39 is 5.41 Å². The van der Waals surface area contributed by atoms with Crippen LogP contribution in [0.25, 0.3) is 44.2 Å². The number of hydrogen-bond acceptors (Lipinski definition) is 2. The maximum atomic E-state index is 3.90. The van der Waals surface area contributed by atoms with Gasteiger partial charge in [0, 0.05) is 33.8 Å². The van der Waals surface area contributed by atoms with Crippen LogP contribution in [0, 0.1) is 0 Å². The molecule has 0 amide bonds. The molecule has 0 fully saturated rings. The third-order valence-electron chi connectivity index (χ3n) is 12.3. The van der Waals surface area contributed by atoms with Crippen LogP contribution in [0.15, 0.2) is 249 Å². The lowest BCUT2D eigenvalue weighted by molar-refractivity contribution is 0.769. The molecule has 10 aromatic carbocycles. The fourth-order valence-electron chi connectivity index (χ4n) is 9.56.